The Hall–Kier alpha value is -3.87. The molecule has 1 saturated heterocycles. The number of aliphatic hydroxyl groups is 2. The van der Waals surface area contributed by atoms with Gasteiger partial charge in [-0.15, -0.1) is 6.42 Å². The van der Waals surface area contributed by atoms with Gasteiger partial charge >= 0.3 is 11.9 Å². The largest absolute Gasteiger partial charge is 0.479 e. The monoisotopic (exact) mass is 518 g/mol. The lowest BCUT2D eigenvalue weighted by molar-refractivity contribution is -0.191. The number of fused-ring (bicyclic) bond motifs is 1. The van der Waals surface area contributed by atoms with E-state index in [0.29, 0.717) is 5.56 Å². The molecule has 188 valence electrons. The summed E-state index contributed by atoms with van der Waals surface area (Å²) in [6.07, 6.45) is 4.06. The number of anilines is 1. The fourth-order valence-electron chi connectivity index (χ4n) is 3.84. The Labute approximate surface area is 207 Å². The van der Waals surface area contributed by atoms with Crippen molar-refractivity contribution in [1.29, 1.82) is 0 Å². The smallest absolute Gasteiger partial charge is 0.348 e. The molecule has 0 spiro atoms. The van der Waals surface area contributed by atoms with Gasteiger partial charge in [-0.1, -0.05) is 5.92 Å². The number of aromatic nitrogens is 5. The predicted octanol–water partition coefficient (Wildman–Crippen LogP) is -0.753. The summed E-state index contributed by atoms with van der Waals surface area (Å²) in [6.45, 7) is -0.817. The molecule has 0 aliphatic carbocycles. The third-order valence-corrected chi connectivity index (χ3v) is 5.99. The van der Waals surface area contributed by atoms with Crippen molar-refractivity contribution in [2.75, 3.05) is 12.3 Å². The molecule has 3 aromatic heterocycles. The number of ether oxygens (including phenoxy) is 2. The second-order valence-corrected chi connectivity index (χ2v) is 8.25. The summed E-state index contributed by atoms with van der Waals surface area (Å²) in [4.78, 5) is 39.8. The number of hydrogen-bond donors (Lipinski definition) is 5. The van der Waals surface area contributed by atoms with Gasteiger partial charge in [0.2, 0.25) is 5.28 Å². The maximum atomic E-state index is 12.1. The summed E-state index contributed by atoms with van der Waals surface area (Å²) in [6, 6.07) is 2.85. The van der Waals surface area contributed by atoms with E-state index in [1.807, 2.05) is 5.92 Å². The van der Waals surface area contributed by atoms with Gasteiger partial charge in [0.1, 0.15) is 17.7 Å². The highest BCUT2D eigenvalue weighted by Crippen LogP contribution is 2.39. The molecule has 1 aliphatic rings. The van der Waals surface area contributed by atoms with Crippen LogP contribution in [0.2, 0.25) is 5.28 Å². The van der Waals surface area contributed by atoms with Crippen LogP contribution in [0.1, 0.15) is 11.8 Å². The molecular formula is C21H19ClN6O8. The number of carboxylic acids is 2. The lowest BCUT2D eigenvalue weighted by atomic mass is 9.92. The average molecular weight is 519 g/mol. The quantitative estimate of drug-likeness (QED) is 0.141. The fraction of sp³-hybridized carbons (Fsp3) is 0.333. The Morgan fingerprint density at radius 3 is 2.58 bits per heavy atom. The Balaban J connectivity index is 1.65. The van der Waals surface area contributed by atoms with Gasteiger partial charge in [-0.3, -0.25) is 9.55 Å². The van der Waals surface area contributed by atoms with Crippen LogP contribution in [0.25, 0.3) is 11.2 Å². The van der Waals surface area contributed by atoms with E-state index in [1.54, 1.807) is 0 Å². The van der Waals surface area contributed by atoms with Gasteiger partial charge in [0.05, 0.1) is 12.9 Å². The Bertz CT molecular complexity index is 1350. The third-order valence-electron chi connectivity index (χ3n) is 5.82. The molecule has 3 aromatic rings. The van der Waals surface area contributed by atoms with Gasteiger partial charge in [-0.2, -0.15) is 9.97 Å². The summed E-state index contributed by atoms with van der Waals surface area (Å²) < 4.78 is 12.3. The molecule has 0 radical (unpaired) electrons. The van der Waals surface area contributed by atoms with E-state index in [1.165, 1.54) is 35.4 Å². The zero-order valence-electron chi connectivity index (χ0n) is 18.2. The Kier molecular flexibility index (Phi) is 6.52. The SMILES string of the molecule is C#C[C@@]1(O)[C@@H](COC(Cc2ccncc2)(C(=O)O)C(=O)O)O[C@@H](n2cnc3c(N)nc(Cl)nc32)[C@@H]1O. The van der Waals surface area contributed by atoms with Crippen molar-refractivity contribution in [3.63, 3.8) is 0 Å². The molecule has 6 N–H and O–H groups in total. The van der Waals surface area contributed by atoms with Crippen molar-refractivity contribution in [2.24, 2.45) is 0 Å². The Morgan fingerprint density at radius 2 is 1.97 bits per heavy atom. The second-order valence-electron chi connectivity index (χ2n) is 7.91. The summed E-state index contributed by atoms with van der Waals surface area (Å²) in [7, 11) is 0. The minimum Gasteiger partial charge on any atom is -0.479 e. The number of imidazole rings is 1. The van der Waals surface area contributed by atoms with Crippen LogP contribution in [0.3, 0.4) is 0 Å². The van der Waals surface area contributed by atoms with Crippen molar-refractivity contribution < 1.29 is 39.5 Å². The molecule has 1 fully saturated rings. The molecule has 14 nitrogen and oxygen atoms in total. The normalized spacial score (nSPS) is 24.0. The number of nitrogen functional groups attached to an aromatic ring is 1. The molecule has 0 amide bonds. The highest BCUT2D eigenvalue weighted by Gasteiger charge is 2.57. The molecule has 4 rings (SSSR count). The zero-order chi connectivity index (χ0) is 26.3. The van der Waals surface area contributed by atoms with E-state index in [4.69, 9.17) is 33.2 Å². The van der Waals surface area contributed by atoms with Gasteiger partial charge < -0.3 is 35.6 Å². The third kappa shape index (κ3) is 4.08. The van der Waals surface area contributed by atoms with E-state index >= 15 is 0 Å². The summed E-state index contributed by atoms with van der Waals surface area (Å²) in [5, 5.41) is 41.2. The number of carboxylic acid groups (broad SMARTS) is 2. The molecule has 0 saturated carbocycles. The predicted molar refractivity (Wildman–Crippen MR) is 120 cm³/mol. The van der Waals surface area contributed by atoms with Crippen LogP contribution in [-0.4, -0.2) is 86.9 Å². The number of pyridine rings is 1. The van der Waals surface area contributed by atoms with E-state index in [0.717, 1.165) is 0 Å². The first-order valence-electron chi connectivity index (χ1n) is 10.2. The lowest BCUT2D eigenvalue weighted by Crippen LogP contribution is -2.55. The second kappa shape index (κ2) is 9.30. The maximum absolute atomic E-state index is 12.1. The Morgan fingerprint density at radius 1 is 1.31 bits per heavy atom. The number of aliphatic carboxylic acids is 2. The van der Waals surface area contributed by atoms with E-state index < -0.39 is 54.6 Å². The van der Waals surface area contributed by atoms with Crippen LogP contribution in [-0.2, 0) is 25.5 Å². The fourth-order valence-corrected chi connectivity index (χ4v) is 4.01. The average Bonchev–Trinajstić information content (AvgIpc) is 3.36. The van der Waals surface area contributed by atoms with Crippen molar-refractivity contribution in [2.45, 2.75) is 36.1 Å². The highest BCUT2D eigenvalue weighted by molar-refractivity contribution is 6.28. The van der Waals surface area contributed by atoms with E-state index in [2.05, 4.69) is 19.9 Å². The molecule has 4 atom stereocenters. The number of aliphatic hydroxyl groups excluding tert-OH is 1. The van der Waals surface area contributed by atoms with Gasteiger partial charge in [0, 0.05) is 18.8 Å². The van der Waals surface area contributed by atoms with Gasteiger partial charge in [0.25, 0.3) is 5.60 Å². The number of halogens is 1. The molecular weight excluding hydrogens is 500 g/mol. The zero-order valence-corrected chi connectivity index (χ0v) is 19.0. The molecule has 15 heteroatoms. The number of carbonyl (C=O) groups is 2. The number of nitrogens with zero attached hydrogens (tertiary/aromatic N) is 5. The minimum absolute atomic E-state index is 0.0489. The van der Waals surface area contributed by atoms with Crippen LogP contribution >= 0.6 is 11.6 Å². The molecule has 36 heavy (non-hydrogen) atoms. The number of hydrogen-bond acceptors (Lipinski definition) is 11. The molecule has 0 unspecified atom stereocenters. The topological polar surface area (TPSA) is 216 Å². The minimum atomic E-state index is -2.76. The molecule has 4 heterocycles. The summed E-state index contributed by atoms with van der Waals surface area (Å²) in [5.74, 6) is -1.62. The first kappa shape index (κ1) is 25.2. The molecule has 0 bridgehead atoms. The van der Waals surface area contributed by atoms with Crippen LogP contribution < -0.4 is 5.73 Å². The lowest BCUT2D eigenvalue weighted by Gasteiger charge is -2.30. The van der Waals surface area contributed by atoms with Crippen LogP contribution in [0.15, 0.2) is 30.9 Å². The van der Waals surface area contributed by atoms with E-state index in [9.17, 15) is 30.0 Å². The first-order chi connectivity index (χ1) is 17.0. The summed E-state index contributed by atoms with van der Waals surface area (Å²) in [5.41, 5.74) is 1.12. The number of terminal acetylenes is 1. The van der Waals surface area contributed by atoms with Crippen molar-refractivity contribution >= 4 is 40.5 Å². The molecule has 0 aromatic carbocycles. The summed E-state index contributed by atoms with van der Waals surface area (Å²) >= 11 is 5.87. The van der Waals surface area contributed by atoms with Crippen molar-refractivity contribution in [1.82, 2.24) is 24.5 Å². The van der Waals surface area contributed by atoms with Crippen molar-refractivity contribution in [3.8, 4) is 12.3 Å². The van der Waals surface area contributed by atoms with Gasteiger partial charge in [-0.25, -0.2) is 14.6 Å². The first-order valence-corrected chi connectivity index (χ1v) is 10.6. The van der Waals surface area contributed by atoms with Gasteiger partial charge in [-0.05, 0) is 29.3 Å². The highest BCUT2D eigenvalue weighted by atomic mass is 35.5. The molecule has 1 aliphatic heterocycles. The number of nitrogens with two attached hydrogens (primary N) is 1. The van der Waals surface area contributed by atoms with Crippen LogP contribution in [0.5, 0.6) is 0 Å². The number of rotatable bonds is 8. The van der Waals surface area contributed by atoms with Crippen LogP contribution in [0.4, 0.5) is 5.82 Å². The van der Waals surface area contributed by atoms with Crippen LogP contribution in [0, 0.1) is 12.3 Å². The maximum Gasteiger partial charge on any atom is 0.348 e. The standard InChI is InChI=1S/C21H19ClN6O8/c1-2-20(34)11(8-35-21(17(30)31,18(32)33)7-10-3-5-24-6-4-10)36-16(13(20)29)28-9-25-12-14(23)26-19(22)27-15(12)28/h1,3-6,9,11,13,16,29,34H,7-8H2,(H,30,31)(H,32,33)(H2,23,26,27)/t11-,13+,16-,20-/m1/s1. The van der Waals surface area contributed by atoms with Crippen molar-refractivity contribution in [3.05, 3.63) is 41.7 Å². The van der Waals surface area contributed by atoms with E-state index in [-0.39, 0.29) is 22.3 Å². The van der Waals surface area contributed by atoms with Gasteiger partial charge in [0.15, 0.2) is 23.3 Å².